The number of carbonyl (C=O) groups is 3. The van der Waals surface area contributed by atoms with Crippen LogP contribution in [0.3, 0.4) is 0 Å². The molecule has 0 saturated carbocycles. The molecule has 12 nitrogen and oxygen atoms in total. The first kappa shape index (κ1) is 22.6. The molecule has 0 radical (unpaired) electrons. The molecule has 2 aromatic rings. The summed E-state index contributed by atoms with van der Waals surface area (Å²) in [5, 5.41) is 21.1. The number of hydrogen-bond donors (Lipinski definition) is 2. The van der Waals surface area contributed by atoms with E-state index in [-0.39, 0.29) is 30.4 Å². The fourth-order valence-corrected chi connectivity index (χ4v) is 3.91. The molecule has 2 fully saturated rings. The van der Waals surface area contributed by atoms with E-state index in [1.165, 1.54) is 4.52 Å². The molecule has 4 rings (SSSR count). The Labute approximate surface area is 179 Å². The quantitative estimate of drug-likeness (QED) is 0.583. The third-order valence-electron chi connectivity index (χ3n) is 5.71. The maximum Gasteiger partial charge on any atom is 0.290 e. The smallest absolute Gasteiger partial charge is 0.290 e. The number of morpholine rings is 1. The highest BCUT2D eigenvalue weighted by molar-refractivity contribution is 5.94. The SMILES string of the molecule is CN1[C@@H](CC(=O)N2CCOCC2)CC[C@H]1CNC(=O)c1ccc2nnnn2c1.O=CO. The average molecular weight is 433 g/mol. The van der Waals surface area contributed by atoms with Crippen molar-refractivity contribution in [2.24, 2.45) is 0 Å². The summed E-state index contributed by atoms with van der Waals surface area (Å²) in [6.07, 6.45) is 4.07. The zero-order valence-corrected chi connectivity index (χ0v) is 17.4. The third-order valence-corrected chi connectivity index (χ3v) is 5.71. The molecule has 2 aliphatic heterocycles. The van der Waals surface area contributed by atoms with Gasteiger partial charge in [0, 0.05) is 44.3 Å². The number of carboxylic acid groups (broad SMARTS) is 1. The summed E-state index contributed by atoms with van der Waals surface area (Å²) < 4.78 is 6.79. The molecule has 2 saturated heterocycles. The van der Waals surface area contributed by atoms with E-state index >= 15 is 0 Å². The molecule has 0 unspecified atom stereocenters. The van der Waals surface area contributed by atoms with Crippen molar-refractivity contribution in [1.82, 2.24) is 35.2 Å². The van der Waals surface area contributed by atoms with Crippen molar-refractivity contribution in [2.75, 3.05) is 39.9 Å². The highest BCUT2D eigenvalue weighted by Crippen LogP contribution is 2.25. The highest BCUT2D eigenvalue weighted by atomic mass is 16.5. The van der Waals surface area contributed by atoms with Crippen LogP contribution in [0.25, 0.3) is 5.65 Å². The van der Waals surface area contributed by atoms with Crippen LogP contribution in [0.15, 0.2) is 18.3 Å². The number of rotatable bonds is 5. The third kappa shape index (κ3) is 5.73. The Morgan fingerprint density at radius 1 is 1.26 bits per heavy atom. The molecule has 12 heteroatoms. The van der Waals surface area contributed by atoms with E-state index in [0.717, 1.165) is 12.8 Å². The summed E-state index contributed by atoms with van der Waals surface area (Å²) >= 11 is 0. The summed E-state index contributed by atoms with van der Waals surface area (Å²) in [5.41, 5.74) is 1.11. The first-order chi connectivity index (χ1) is 15.0. The summed E-state index contributed by atoms with van der Waals surface area (Å²) in [4.78, 5) is 37.4. The Bertz CT molecular complexity index is 899. The average Bonchev–Trinajstić information content (AvgIpc) is 3.39. The molecule has 168 valence electrons. The molecule has 0 bridgehead atoms. The molecule has 31 heavy (non-hydrogen) atoms. The van der Waals surface area contributed by atoms with E-state index in [0.29, 0.717) is 50.5 Å². The van der Waals surface area contributed by atoms with Crippen molar-refractivity contribution < 1.29 is 24.2 Å². The number of likely N-dealkylation sites (N-methyl/N-ethyl adjacent to an activating group) is 1. The second-order valence-electron chi connectivity index (χ2n) is 7.46. The number of likely N-dealkylation sites (tertiary alicyclic amines) is 1. The predicted octanol–water partition coefficient (Wildman–Crippen LogP) is -0.733. The maximum absolute atomic E-state index is 12.5. The lowest BCUT2D eigenvalue weighted by molar-refractivity contribution is -0.136. The molecule has 0 aromatic carbocycles. The van der Waals surface area contributed by atoms with Gasteiger partial charge in [-0.3, -0.25) is 19.3 Å². The molecule has 2 N–H and O–H groups in total. The predicted molar refractivity (Wildman–Crippen MR) is 108 cm³/mol. The first-order valence-electron chi connectivity index (χ1n) is 10.1. The van der Waals surface area contributed by atoms with Crippen LogP contribution in [0.1, 0.15) is 29.6 Å². The molecule has 2 aromatic heterocycles. The van der Waals surface area contributed by atoms with Crippen LogP contribution in [0, 0.1) is 0 Å². The number of fused-ring (bicyclic) bond motifs is 1. The fraction of sp³-hybridized carbons (Fsp3) is 0.579. The standard InChI is InChI=1S/C18H25N7O3.CH2O2/c1-23-14(10-17(26)24-6-8-28-9-7-24)3-4-15(23)11-19-18(27)13-2-5-16-20-21-22-25(16)12-13;2-1-3/h2,5,12,14-15H,3-4,6-11H2,1H3,(H,19,27);1H,(H,2,3)/t14-,15+;/m1./s1. The van der Waals surface area contributed by atoms with Crippen molar-refractivity contribution in [2.45, 2.75) is 31.3 Å². The summed E-state index contributed by atoms with van der Waals surface area (Å²) in [7, 11) is 2.04. The van der Waals surface area contributed by atoms with E-state index < -0.39 is 0 Å². The number of nitrogens with one attached hydrogen (secondary N) is 1. The molecule has 0 spiro atoms. The molecular weight excluding hydrogens is 406 g/mol. The minimum absolute atomic E-state index is 0.154. The van der Waals surface area contributed by atoms with E-state index in [1.807, 2.05) is 11.9 Å². The highest BCUT2D eigenvalue weighted by Gasteiger charge is 2.33. The number of ether oxygens (including phenoxy) is 1. The molecule has 2 atom stereocenters. The number of tetrazole rings is 1. The van der Waals surface area contributed by atoms with Crippen molar-refractivity contribution in [3.8, 4) is 0 Å². The van der Waals surface area contributed by atoms with Gasteiger partial charge in [0.25, 0.3) is 12.4 Å². The minimum atomic E-state index is -0.250. The van der Waals surface area contributed by atoms with Crippen LogP contribution in [0.2, 0.25) is 0 Å². The number of amides is 2. The zero-order chi connectivity index (χ0) is 22.2. The van der Waals surface area contributed by atoms with E-state index in [9.17, 15) is 9.59 Å². The number of carbonyl (C=O) groups excluding carboxylic acids is 2. The zero-order valence-electron chi connectivity index (χ0n) is 17.4. The molecule has 2 amide bonds. The van der Waals surface area contributed by atoms with Crippen LogP contribution in [0.5, 0.6) is 0 Å². The van der Waals surface area contributed by atoms with Crippen molar-refractivity contribution in [1.29, 1.82) is 0 Å². The van der Waals surface area contributed by atoms with Crippen LogP contribution in [-0.2, 0) is 14.3 Å². The van der Waals surface area contributed by atoms with Crippen molar-refractivity contribution in [3.63, 3.8) is 0 Å². The Morgan fingerprint density at radius 3 is 2.71 bits per heavy atom. The van der Waals surface area contributed by atoms with Crippen molar-refractivity contribution >= 4 is 23.9 Å². The Hall–Kier alpha value is -3.12. The Balaban J connectivity index is 0.000000858. The summed E-state index contributed by atoms with van der Waals surface area (Å²) in [6.45, 7) is 2.90. The second kappa shape index (κ2) is 10.8. The van der Waals surface area contributed by atoms with Crippen molar-refractivity contribution in [3.05, 3.63) is 23.9 Å². The van der Waals surface area contributed by atoms with Gasteiger partial charge in [0.2, 0.25) is 5.91 Å². The second-order valence-corrected chi connectivity index (χ2v) is 7.46. The lowest BCUT2D eigenvalue weighted by Crippen LogP contribution is -2.45. The van der Waals surface area contributed by atoms with Crippen LogP contribution in [-0.4, -0.2) is 105 Å². The van der Waals surface area contributed by atoms with Crippen LogP contribution < -0.4 is 5.32 Å². The summed E-state index contributed by atoms with van der Waals surface area (Å²) in [5.74, 6) is 0.0400. The van der Waals surface area contributed by atoms with Gasteiger partial charge in [0.05, 0.1) is 18.8 Å². The topological polar surface area (TPSA) is 142 Å². The molecule has 0 aliphatic carbocycles. The van der Waals surface area contributed by atoms with Gasteiger partial charge >= 0.3 is 0 Å². The van der Waals surface area contributed by atoms with Gasteiger partial charge in [-0.15, -0.1) is 5.10 Å². The normalized spacial score (nSPS) is 21.4. The first-order valence-corrected chi connectivity index (χ1v) is 10.1. The fourth-order valence-electron chi connectivity index (χ4n) is 3.91. The van der Waals surface area contributed by atoms with Gasteiger partial charge in [-0.25, -0.2) is 0 Å². The van der Waals surface area contributed by atoms with E-state index in [4.69, 9.17) is 14.6 Å². The summed E-state index contributed by atoms with van der Waals surface area (Å²) in [6, 6.07) is 3.87. The Kier molecular flexibility index (Phi) is 7.84. The van der Waals surface area contributed by atoms with Gasteiger partial charge in [-0.2, -0.15) is 4.52 Å². The van der Waals surface area contributed by atoms with Gasteiger partial charge in [0.15, 0.2) is 5.65 Å². The van der Waals surface area contributed by atoms with Gasteiger partial charge in [0.1, 0.15) is 0 Å². The van der Waals surface area contributed by atoms with Gasteiger partial charge in [-0.1, -0.05) is 0 Å². The van der Waals surface area contributed by atoms with Crippen LogP contribution >= 0.6 is 0 Å². The maximum atomic E-state index is 12.5. The van der Waals surface area contributed by atoms with Gasteiger partial charge < -0.3 is 20.1 Å². The lowest BCUT2D eigenvalue weighted by Gasteiger charge is -2.30. The largest absolute Gasteiger partial charge is 0.483 e. The van der Waals surface area contributed by atoms with E-state index in [2.05, 4.69) is 25.7 Å². The molecular formula is C19H27N7O5. The number of nitrogens with zero attached hydrogens (tertiary/aromatic N) is 6. The Morgan fingerprint density at radius 2 is 1.97 bits per heavy atom. The van der Waals surface area contributed by atoms with Gasteiger partial charge in [-0.05, 0) is 42.4 Å². The minimum Gasteiger partial charge on any atom is -0.483 e. The monoisotopic (exact) mass is 433 g/mol. The molecule has 2 aliphatic rings. The number of pyridine rings is 1. The number of aromatic nitrogens is 4. The number of hydrogen-bond acceptors (Lipinski definition) is 8. The lowest BCUT2D eigenvalue weighted by atomic mass is 10.1. The van der Waals surface area contributed by atoms with Crippen LogP contribution in [0.4, 0.5) is 0 Å². The van der Waals surface area contributed by atoms with E-state index in [1.54, 1.807) is 18.3 Å². The molecule has 4 heterocycles.